The fourth-order valence-electron chi connectivity index (χ4n) is 5.21. The Bertz CT molecular complexity index is 1340. The van der Waals surface area contributed by atoms with Gasteiger partial charge in [-0.15, -0.1) is 0 Å². The van der Waals surface area contributed by atoms with E-state index in [-0.39, 0.29) is 11.8 Å². The molecule has 4 N–H and O–H groups in total. The highest BCUT2D eigenvalue weighted by molar-refractivity contribution is 5.93. The molecule has 2 heterocycles. The molecule has 0 radical (unpaired) electrons. The van der Waals surface area contributed by atoms with Crippen LogP contribution in [-0.4, -0.2) is 63.5 Å². The van der Waals surface area contributed by atoms with Crippen molar-refractivity contribution >= 4 is 40.7 Å². The van der Waals surface area contributed by atoms with Crippen LogP contribution in [0.3, 0.4) is 0 Å². The molecule has 0 spiro atoms. The normalized spacial score (nSPS) is 19.5. The first-order chi connectivity index (χ1) is 20.0. The van der Waals surface area contributed by atoms with Crippen LogP contribution in [0.5, 0.6) is 0 Å². The molecule has 0 bridgehead atoms. The summed E-state index contributed by atoms with van der Waals surface area (Å²) in [4.78, 5) is 55.8. The number of hydrazine groups is 1. The minimum absolute atomic E-state index is 0.217. The summed E-state index contributed by atoms with van der Waals surface area (Å²) in [5.41, 5.74) is 5.62. The lowest BCUT2D eigenvalue weighted by molar-refractivity contribution is -0.148. The maximum absolute atomic E-state index is 13.5. The molecule has 1 aromatic carbocycles. The molecule has 42 heavy (non-hydrogen) atoms. The molecule has 10 heteroatoms. The van der Waals surface area contributed by atoms with Crippen LogP contribution in [0.25, 0.3) is 17.0 Å². The number of fused-ring (bicyclic) bond motifs is 1. The van der Waals surface area contributed by atoms with Crippen molar-refractivity contribution in [3.05, 3.63) is 47.7 Å². The number of pyridine rings is 1. The fourth-order valence-corrected chi connectivity index (χ4v) is 5.21. The highest BCUT2D eigenvalue weighted by Gasteiger charge is 2.34. The van der Waals surface area contributed by atoms with Crippen LogP contribution in [0, 0.1) is 17.8 Å². The molecule has 1 saturated carbocycles. The second kappa shape index (κ2) is 13.9. The Hall–Kier alpha value is -3.79. The number of nitrogens with one attached hydrogen (secondary N) is 3. The van der Waals surface area contributed by atoms with Crippen LogP contribution in [0.2, 0.25) is 0 Å². The van der Waals surface area contributed by atoms with E-state index in [4.69, 9.17) is 4.98 Å². The molecule has 2 aromatic rings. The quantitative estimate of drug-likeness (QED) is 0.303. The van der Waals surface area contributed by atoms with Crippen molar-refractivity contribution in [2.45, 2.75) is 84.3 Å². The van der Waals surface area contributed by atoms with E-state index in [0.717, 1.165) is 41.4 Å². The predicted molar refractivity (Wildman–Crippen MR) is 161 cm³/mol. The van der Waals surface area contributed by atoms with Crippen LogP contribution in [0.15, 0.2) is 36.4 Å². The van der Waals surface area contributed by atoms with E-state index in [0.29, 0.717) is 31.7 Å². The average Bonchev–Trinajstić information content (AvgIpc) is 3.80. The van der Waals surface area contributed by atoms with E-state index in [9.17, 15) is 24.3 Å². The Labute approximate surface area is 247 Å². The van der Waals surface area contributed by atoms with Crippen molar-refractivity contribution in [1.82, 2.24) is 26.1 Å². The van der Waals surface area contributed by atoms with Crippen LogP contribution >= 0.6 is 0 Å². The van der Waals surface area contributed by atoms with Crippen molar-refractivity contribution in [3.63, 3.8) is 0 Å². The van der Waals surface area contributed by atoms with Gasteiger partial charge in [0.05, 0.1) is 11.4 Å². The number of aryl methyl sites for hydroxylation is 1. The molecule has 10 nitrogen and oxygen atoms in total. The molecule has 4 atom stereocenters. The minimum atomic E-state index is -1.02. The van der Waals surface area contributed by atoms with Gasteiger partial charge in [-0.1, -0.05) is 64.0 Å². The molecule has 1 aliphatic carbocycles. The van der Waals surface area contributed by atoms with Gasteiger partial charge in [0.25, 0.3) is 5.91 Å². The predicted octanol–water partition coefficient (Wildman–Crippen LogP) is 3.45. The smallest absolute Gasteiger partial charge is 0.322 e. The molecule has 226 valence electrons. The van der Waals surface area contributed by atoms with E-state index < -0.39 is 41.8 Å². The van der Waals surface area contributed by atoms with Gasteiger partial charge in [-0.3, -0.25) is 29.2 Å². The number of aromatic nitrogens is 1. The van der Waals surface area contributed by atoms with Crippen LogP contribution in [0.1, 0.15) is 71.1 Å². The topological polar surface area (TPSA) is 141 Å². The van der Waals surface area contributed by atoms with Crippen molar-refractivity contribution in [1.29, 1.82) is 0 Å². The number of nitrogens with zero attached hydrogens (tertiary/aromatic N) is 2. The fraction of sp³-hybridized carbons (Fsp3) is 0.531. The number of carboxylic acids is 1. The Morgan fingerprint density at radius 1 is 1.07 bits per heavy atom. The highest BCUT2D eigenvalue weighted by atomic mass is 16.4. The van der Waals surface area contributed by atoms with Crippen molar-refractivity contribution in [3.8, 4) is 0 Å². The molecule has 2 aliphatic rings. The maximum Gasteiger partial charge on any atom is 0.322 e. The lowest BCUT2D eigenvalue weighted by atomic mass is 9.96. The molecule has 1 aromatic heterocycles. The summed E-state index contributed by atoms with van der Waals surface area (Å²) < 4.78 is 0. The summed E-state index contributed by atoms with van der Waals surface area (Å²) in [5, 5.41) is 17.3. The van der Waals surface area contributed by atoms with E-state index >= 15 is 0 Å². The number of carbonyl (C=O) groups excluding carboxylic acids is 3. The number of carbonyl (C=O) groups is 4. The molecule has 4 unspecified atom stereocenters. The molecule has 4 rings (SSSR count). The van der Waals surface area contributed by atoms with Crippen LogP contribution < -0.4 is 16.1 Å². The second-order valence-corrected chi connectivity index (χ2v) is 11.9. The third-order valence-corrected chi connectivity index (χ3v) is 8.00. The summed E-state index contributed by atoms with van der Waals surface area (Å²) in [7, 11) is 0. The molecule has 3 amide bonds. The molecule has 1 saturated heterocycles. The number of aliphatic carboxylic acids is 1. The van der Waals surface area contributed by atoms with Gasteiger partial charge in [0, 0.05) is 17.6 Å². The summed E-state index contributed by atoms with van der Waals surface area (Å²) >= 11 is 0. The largest absolute Gasteiger partial charge is 0.480 e. The van der Waals surface area contributed by atoms with Crippen molar-refractivity contribution in [2.75, 3.05) is 6.54 Å². The van der Waals surface area contributed by atoms with Gasteiger partial charge in [0.15, 0.2) is 0 Å². The third-order valence-electron chi connectivity index (χ3n) is 8.00. The summed E-state index contributed by atoms with van der Waals surface area (Å²) in [6.07, 6.45) is 8.60. The molecule has 2 fully saturated rings. The van der Waals surface area contributed by atoms with E-state index in [1.54, 1.807) is 6.92 Å². The number of carboxylic acid groups (broad SMARTS) is 1. The molecular weight excluding hydrogens is 534 g/mol. The second-order valence-electron chi connectivity index (χ2n) is 11.9. The van der Waals surface area contributed by atoms with Gasteiger partial charge < -0.3 is 15.7 Å². The van der Waals surface area contributed by atoms with Crippen molar-refractivity contribution in [2.24, 2.45) is 17.8 Å². The first-order valence-corrected chi connectivity index (χ1v) is 15.0. The maximum atomic E-state index is 13.5. The first kappa shape index (κ1) is 31.2. The van der Waals surface area contributed by atoms with Crippen LogP contribution in [0.4, 0.5) is 0 Å². The van der Waals surface area contributed by atoms with E-state index in [1.165, 1.54) is 5.01 Å². The van der Waals surface area contributed by atoms with Gasteiger partial charge >= 0.3 is 5.97 Å². The summed E-state index contributed by atoms with van der Waals surface area (Å²) in [6, 6.07) is 7.59. The van der Waals surface area contributed by atoms with E-state index in [2.05, 4.69) is 29.0 Å². The van der Waals surface area contributed by atoms with Gasteiger partial charge in [0.2, 0.25) is 11.8 Å². The number of hydrogen-bond acceptors (Lipinski definition) is 6. The number of benzene rings is 1. The van der Waals surface area contributed by atoms with Gasteiger partial charge in [-0.25, -0.2) is 5.43 Å². The third kappa shape index (κ3) is 8.15. The zero-order valence-corrected chi connectivity index (χ0v) is 24.9. The number of hydrogen-bond donors (Lipinski definition) is 4. The van der Waals surface area contributed by atoms with Gasteiger partial charge in [-0.05, 0) is 62.1 Å². The number of rotatable bonds is 12. The molecular formula is C32H43N5O5. The monoisotopic (exact) mass is 577 g/mol. The Morgan fingerprint density at radius 3 is 2.48 bits per heavy atom. The van der Waals surface area contributed by atoms with Crippen LogP contribution in [-0.2, 0) is 25.6 Å². The molecule has 1 aliphatic heterocycles. The Morgan fingerprint density at radius 2 is 1.81 bits per heavy atom. The zero-order chi connectivity index (χ0) is 30.4. The number of amides is 3. The summed E-state index contributed by atoms with van der Waals surface area (Å²) in [5.74, 6) is -2.25. The lowest BCUT2D eigenvalue weighted by Crippen LogP contribution is -2.60. The highest BCUT2D eigenvalue weighted by Crippen LogP contribution is 2.36. The van der Waals surface area contributed by atoms with Gasteiger partial charge in [-0.2, -0.15) is 0 Å². The SMILES string of the molecule is CCc1ccc2ccc(/C=C/C(CC3CC3)C(=O)NC(C(=O)NC(C)C(=O)N3CCCC(C(=O)O)N3)C(C)C)cc2n1. The standard InChI is InChI=1S/C32H43N5O5/c1-5-25-15-14-23-12-10-22(18-27(23)34-25)11-13-24(17-21-8-9-21)29(38)35-28(19(2)3)30(39)33-20(4)31(40)37-16-6-7-26(36-37)32(41)42/h10-15,18-21,24,26,28,36H,5-9,16-17H2,1-4H3,(H,33,39)(H,35,38)(H,41,42)/b13-11+. The zero-order valence-electron chi connectivity index (χ0n) is 24.9. The Kier molecular flexibility index (Phi) is 10.3. The van der Waals surface area contributed by atoms with Crippen molar-refractivity contribution < 1.29 is 24.3 Å². The Balaban J connectivity index is 1.41. The van der Waals surface area contributed by atoms with E-state index in [1.807, 2.05) is 50.3 Å². The summed E-state index contributed by atoms with van der Waals surface area (Å²) in [6.45, 7) is 7.68. The first-order valence-electron chi connectivity index (χ1n) is 15.0. The van der Waals surface area contributed by atoms with Gasteiger partial charge in [0.1, 0.15) is 18.1 Å². The average molecular weight is 578 g/mol. The minimum Gasteiger partial charge on any atom is -0.480 e. The lowest BCUT2D eigenvalue weighted by Gasteiger charge is -2.34.